The lowest BCUT2D eigenvalue weighted by Crippen LogP contribution is -2.46. The summed E-state index contributed by atoms with van der Waals surface area (Å²) in [4.78, 5) is 12.4. The van der Waals surface area contributed by atoms with Crippen LogP contribution in [0, 0.1) is 25.2 Å². The standard InChI is InChI=1S/C24H25ClN4O2/c1-15-21(16(2)29(28-15)20-10-9-19(13-26)22(25)12-20)11-17-5-7-18(8-6-17)23(31)27-24(3,4)14-30/h5-10,12,30H,11,14H2,1-4H3,(H,27,31). The van der Waals surface area contributed by atoms with Crippen molar-refractivity contribution in [3.8, 4) is 11.8 Å². The number of nitrogens with zero attached hydrogens (tertiary/aromatic N) is 3. The van der Waals surface area contributed by atoms with E-state index in [0.717, 1.165) is 28.2 Å². The van der Waals surface area contributed by atoms with Crippen LogP contribution in [0.25, 0.3) is 5.69 Å². The van der Waals surface area contributed by atoms with Gasteiger partial charge in [-0.3, -0.25) is 4.79 Å². The highest BCUT2D eigenvalue weighted by Gasteiger charge is 2.20. The molecule has 2 aromatic carbocycles. The van der Waals surface area contributed by atoms with Crippen molar-refractivity contribution in [2.75, 3.05) is 6.61 Å². The number of rotatable bonds is 6. The Morgan fingerprint density at radius 2 is 1.90 bits per heavy atom. The van der Waals surface area contributed by atoms with E-state index >= 15 is 0 Å². The third-order valence-corrected chi connectivity index (χ3v) is 5.52. The topological polar surface area (TPSA) is 90.9 Å². The van der Waals surface area contributed by atoms with E-state index in [0.29, 0.717) is 22.6 Å². The highest BCUT2D eigenvalue weighted by molar-refractivity contribution is 6.31. The van der Waals surface area contributed by atoms with Crippen molar-refractivity contribution < 1.29 is 9.90 Å². The van der Waals surface area contributed by atoms with Crippen molar-refractivity contribution in [1.82, 2.24) is 15.1 Å². The predicted molar refractivity (Wildman–Crippen MR) is 121 cm³/mol. The summed E-state index contributed by atoms with van der Waals surface area (Å²) in [6, 6.07) is 14.7. The van der Waals surface area contributed by atoms with Crippen LogP contribution in [0.1, 0.15) is 52.3 Å². The van der Waals surface area contributed by atoms with Crippen molar-refractivity contribution >= 4 is 17.5 Å². The molecule has 0 bridgehead atoms. The van der Waals surface area contributed by atoms with Crippen molar-refractivity contribution in [3.63, 3.8) is 0 Å². The fourth-order valence-electron chi connectivity index (χ4n) is 3.31. The van der Waals surface area contributed by atoms with Crippen molar-refractivity contribution in [3.05, 3.63) is 81.1 Å². The summed E-state index contributed by atoms with van der Waals surface area (Å²) in [5.41, 5.74) is 5.15. The molecule has 31 heavy (non-hydrogen) atoms. The Morgan fingerprint density at radius 3 is 2.48 bits per heavy atom. The SMILES string of the molecule is Cc1nn(-c2ccc(C#N)c(Cl)c2)c(C)c1Cc1ccc(C(=O)NC(C)(C)CO)cc1. The smallest absolute Gasteiger partial charge is 0.251 e. The molecule has 0 saturated carbocycles. The molecule has 0 aliphatic rings. The molecule has 3 rings (SSSR count). The van der Waals surface area contributed by atoms with Gasteiger partial charge in [0.1, 0.15) is 6.07 Å². The Morgan fingerprint density at radius 1 is 1.23 bits per heavy atom. The van der Waals surface area contributed by atoms with E-state index in [1.165, 1.54) is 0 Å². The second-order valence-corrected chi connectivity index (χ2v) is 8.61. The number of aliphatic hydroxyl groups excluding tert-OH is 1. The number of nitrogens with one attached hydrogen (secondary N) is 1. The number of aliphatic hydroxyl groups is 1. The molecule has 0 fully saturated rings. The summed E-state index contributed by atoms with van der Waals surface area (Å²) in [6.45, 7) is 7.36. The number of aromatic nitrogens is 2. The second-order valence-electron chi connectivity index (χ2n) is 8.21. The largest absolute Gasteiger partial charge is 0.394 e. The minimum Gasteiger partial charge on any atom is -0.394 e. The molecule has 7 heteroatoms. The lowest BCUT2D eigenvalue weighted by Gasteiger charge is -2.23. The first-order valence-corrected chi connectivity index (χ1v) is 10.3. The van der Waals surface area contributed by atoms with Crippen LogP contribution in [0.15, 0.2) is 42.5 Å². The number of hydrogen-bond donors (Lipinski definition) is 2. The van der Waals surface area contributed by atoms with Crippen molar-refractivity contribution in [1.29, 1.82) is 5.26 Å². The molecular weight excluding hydrogens is 412 g/mol. The minimum atomic E-state index is -0.674. The van der Waals surface area contributed by atoms with E-state index in [-0.39, 0.29) is 12.5 Å². The van der Waals surface area contributed by atoms with Gasteiger partial charge < -0.3 is 10.4 Å². The number of hydrogen-bond acceptors (Lipinski definition) is 4. The van der Waals surface area contributed by atoms with Gasteiger partial charge in [0.25, 0.3) is 5.91 Å². The third kappa shape index (κ3) is 4.96. The Kier molecular flexibility index (Phi) is 6.49. The van der Waals surface area contributed by atoms with Crippen LogP contribution in [0.2, 0.25) is 5.02 Å². The zero-order valence-corrected chi connectivity index (χ0v) is 18.8. The normalized spacial score (nSPS) is 11.3. The van der Waals surface area contributed by atoms with Gasteiger partial charge in [0.15, 0.2) is 0 Å². The maximum absolute atomic E-state index is 12.4. The average molecular weight is 437 g/mol. The molecule has 0 aliphatic carbocycles. The Balaban J connectivity index is 1.82. The van der Waals surface area contributed by atoms with Crippen molar-refractivity contribution in [2.24, 2.45) is 0 Å². The lowest BCUT2D eigenvalue weighted by molar-refractivity contribution is 0.0869. The molecule has 2 N–H and O–H groups in total. The van der Waals surface area contributed by atoms with E-state index in [2.05, 4.69) is 16.5 Å². The van der Waals surface area contributed by atoms with Crippen LogP contribution >= 0.6 is 11.6 Å². The zero-order chi connectivity index (χ0) is 22.8. The Labute approximate surface area is 187 Å². The first-order valence-electron chi connectivity index (χ1n) is 9.92. The Bertz CT molecular complexity index is 1160. The molecule has 0 aliphatic heterocycles. The highest BCUT2D eigenvalue weighted by atomic mass is 35.5. The fourth-order valence-corrected chi connectivity index (χ4v) is 3.52. The zero-order valence-electron chi connectivity index (χ0n) is 18.0. The Hall–Kier alpha value is -3.14. The summed E-state index contributed by atoms with van der Waals surface area (Å²) < 4.78 is 1.83. The number of carbonyl (C=O) groups is 1. The van der Waals surface area contributed by atoms with Crippen LogP contribution in [0.3, 0.4) is 0 Å². The van der Waals surface area contributed by atoms with Gasteiger partial charge >= 0.3 is 0 Å². The van der Waals surface area contributed by atoms with Crippen LogP contribution in [0.5, 0.6) is 0 Å². The molecule has 6 nitrogen and oxygen atoms in total. The number of aryl methyl sites for hydroxylation is 1. The first-order chi connectivity index (χ1) is 14.6. The van der Waals surface area contributed by atoms with Gasteiger partial charge in [-0.25, -0.2) is 4.68 Å². The van der Waals surface area contributed by atoms with E-state index in [4.69, 9.17) is 16.9 Å². The number of amides is 1. The van der Waals surface area contributed by atoms with E-state index in [1.807, 2.05) is 36.7 Å². The number of benzene rings is 2. The first kappa shape index (κ1) is 22.5. The van der Waals surface area contributed by atoms with Crippen LogP contribution in [-0.2, 0) is 6.42 Å². The molecule has 0 atom stereocenters. The van der Waals surface area contributed by atoms with Crippen LogP contribution in [0.4, 0.5) is 0 Å². The fraction of sp³-hybridized carbons (Fsp3) is 0.292. The molecule has 160 valence electrons. The summed E-state index contributed by atoms with van der Waals surface area (Å²) in [6.07, 6.45) is 0.672. The summed E-state index contributed by atoms with van der Waals surface area (Å²) in [7, 11) is 0. The number of carbonyl (C=O) groups excluding carboxylic acids is 1. The molecule has 1 aromatic heterocycles. The maximum Gasteiger partial charge on any atom is 0.251 e. The summed E-state index contributed by atoms with van der Waals surface area (Å²) >= 11 is 6.19. The van der Waals surface area contributed by atoms with E-state index < -0.39 is 5.54 Å². The van der Waals surface area contributed by atoms with Gasteiger partial charge in [-0.2, -0.15) is 10.4 Å². The summed E-state index contributed by atoms with van der Waals surface area (Å²) in [5.74, 6) is -0.219. The molecule has 3 aromatic rings. The van der Waals surface area contributed by atoms with Crippen LogP contribution < -0.4 is 5.32 Å². The van der Waals surface area contributed by atoms with Gasteiger partial charge in [0, 0.05) is 23.2 Å². The maximum atomic E-state index is 12.4. The number of nitriles is 1. The van der Waals surface area contributed by atoms with E-state index in [1.54, 1.807) is 38.1 Å². The molecule has 0 radical (unpaired) electrons. The van der Waals surface area contributed by atoms with Gasteiger partial charge in [-0.1, -0.05) is 23.7 Å². The van der Waals surface area contributed by atoms with Gasteiger partial charge in [0.2, 0.25) is 0 Å². The molecule has 0 unspecified atom stereocenters. The van der Waals surface area contributed by atoms with Crippen molar-refractivity contribution in [2.45, 2.75) is 39.7 Å². The molecule has 1 heterocycles. The second kappa shape index (κ2) is 8.93. The molecule has 0 saturated heterocycles. The number of halogens is 1. The highest BCUT2D eigenvalue weighted by Crippen LogP contribution is 2.24. The quantitative estimate of drug-likeness (QED) is 0.608. The predicted octanol–water partition coefficient (Wildman–Crippen LogP) is 4.11. The van der Waals surface area contributed by atoms with Gasteiger partial charge in [-0.05, 0) is 63.6 Å². The van der Waals surface area contributed by atoms with Gasteiger partial charge in [-0.15, -0.1) is 0 Å². The van der Waals surface area contributed by atoms with Gasteiger partial charge in [0.05, 0.1) is 34.1 Å². The molecular formula is C24H25ClN4O2. The third-order valence-electron chi connectivity index (χ3n) is 5.20. The molecule has 0 spiro atoms. The molecule has 1 amide bonds. The van der Waals surface area contributed by atoms with Crippen LogP contribution in [-0.4, -0.2) is 32.9 Å². The lowest BCUT2D eigenvalue weighted by atomic mass is 10.0. The monoisotopic (exact) mass is 436 g/mol. The summed E-state index contributed by atoms with van der Waals surface area (Å²) in [5, 5.41) is 26.3. The average Bonchev–Trinajstić information content (AvgIpc) is 3.02. The van der Waals surface area contributed by atoms with E-state index in [9.17, 15) is 9.90 Å². The minimum absolute atomic E-state index is 0.135.